The van der Waals surface area contributed by atoms with Crippen molar-refractivity contribution in [2.75, 3.05) is 13.1 Å². The molecular weight excluding hydrogens is 238 g/mol. The van der Waals surface area contributed by atoms with Crippen molar-refractivity contribution < 1.29 is 13.6 Å². The highest BCUT2D eigenvalue weighted by molar-refractivity contribution is 5.77. The minimum atomic E-state index is -0.607. The van der Waals surface area contributed by atoms with Gasteiger partial charge in [-0.15, -0.1) is 0 Å². The molecule has 0 aromatic heterocycles. The van der Waals surface area contributed by atoms with E-state index < -0.39 is 11.6 Å². The number of carbonyl (C=O) groups is 1. The van der Waals surface area contributed by atoms with Gasteiger partial charge in [0.2, 0.25) is 0 Å². The molecule has 0 spiro atoms. The molecule has 1 aliphatic heterocycles. The van der Waals surface area contributed by atoms with E-state index in [1.807, 2.05) is 13.8 Å². The number of halogens is 2. The van der Waals surface area contributed by atoms with Crippen LogP contribution in [0.3, 0.4) is 0 Å². The van der Waals surface area contributed by atoms with Crippen LogP contribution in [-0.4, -0.2) is 24.0 Å². The molecule has 0 radical (unpaired) electrons. The van der Waals surface area contributed by atoms with Crippen LogP contribution in [0.2, 0.25) is 0 Å². The Morgan fingerprint density at radius 2 is 2.17 bits per heavy atom. The molecule has 1 N–H and O–H groups in total. The molecular formula is C13H16F2N2O. The number of nitrogens with zero attached hydrogens (tertiary/aromatic N) is 1. The Labute approximate surface area is 105 Å². The lowest BCUT2D eigenvalue weighted by atomic mass is 10.0. The van der Waals surface area contributed by atoms with Gasteiger partial charge in [0.25, 0.3) is 0 Å². The molecule has 1 aliphatic rings. The Morgan fingerprint density at radius 1 is 1.44 bits per heavy atom. The summed E-state index contributed by atoms with van der Waals surface area (Å²) in [6, 6.07) is 2.92. The average Bonchev–Trinajstić information content (AvgIpc) is 2.60. The highest BCUT2D eigenvalue weighted by atomic mass is 19.1. The van der Waals surface area contributed by atoms with Crippen molar-refractivity contribution in [3.8, 4) is 0 Å². The topological polar surface area (TPSA) is 32.3 Å². The van der Waals surface area contributed by atoms with E-state index in [-0.39, 0.29) is 12.1 Å². The first kappa shape index (κ1) is 12.8. The standard InChI is InChI=1S/C13H16F2N2O/c1-8(2)7-17-12(6-16-13(17)18)10-4-3-9(14)5-11(10)15/h3-5,8,12H,6-7H2,1-2H3,(H,16,18). The molecule has 0 aliphatic carbocycles. The van der Waals surface area contributed by atoms with E-state index in [2.05, 4.69) is 5.32 Å². The summed E-state index contributed by atoms with van der Waals surface area (Å²) in [5.41, 5.74) is 0.357. The van der Waals surface area contributed by atoms with Crippen LogP contribution in [0.1, 0.15) is 25.5 Å². The molecule has 98 valence electrons. The van der Waals surface area contributed by atoms with E-state index in [0.29, 0.717) is 24.6 Å². The Kier molecular flexibility index (Phi) is 3.50. The minimum absolute atomic E-state index is 0.197. The molecule has 1 atom stereocenters. The maximum absolute atomic E-state index is 13.7. The number of hydrogen-bond acceptors (Lipinski definition) is 1. The van der Waals surface area contributed by atoms with Gasteiger partial charge in [0.15, 0.2) is 0 Å². The van der Waals surface area contributed by atoms with Crippen molar-refractivity contribution in [1.29, 1.82) is 0 Å². The first-order valence-electron chi connectivity index (χ1n) is 5.98. The monoisotopic (exact) mass is 254 g/mol. The second-order valence-corrected chi connectivity index (χ2v) is 4.91. The number of nitrogens with one attached hydrogen (secondary N) is 1. The molecule has 1 aromatic carbocycles. The summed E-state index contributed by atoms with van der Waals surface area (Å²) in [6.07, 6.45) is 0. The van der Waals surface area contributed by atoms with Crippen LogP contribution in [0.4, 0.5) is 13.6 Å². The van der Waals surface area contributed by atoms with Gasteiger partial charge in [-0.1, -0.05) is 19.9 Å². The van der Waals surface area contributed by atoms with Gasteiger partial charge < -0.3 is 10.2 Å². The van der Waals surface area contributed by atoms with E-state index in [1.165, 1.54) is 12.1 Å². The predicted molar refractivity (Wildman–Crippen MR) is 64.0 cm³/mol. The quantitative estimate of drug-likeness (QED) is 0.883. The van der Waals surface area contributed by atoms with Gasteiger partial charge in [-0.2, -0.15) is 0 Å². The van der Waals surface area contributed by atoms with Crippen LogP contribution in [0.5, 0.6) is 0 Å². The van der Waals surface area contributed by atoms with Gasteiger partial charge in [-0.3, -0.25) is 0 Å². The van der Waals surface area contributed by atoms with E-state index in [9.17, 15) is 13.6 Å². The third-order valence-electron chi connectivity index (χ3n) is 2.97. The summed E-state index contributed by atoms with van der Waals surface area (Å²) in [5.74, 6) is -0.922. The van der Waals surface area contributed by atoms with Gasteiger partial charge in [0, 0.05) is 24.7 Å². The van der Waals surface area contributed by atoms with Crippen LogP contribution >= 0.6 is 0 Å². The minimum Gasteiger partial charge on any atom is -0.336 e. The first-order valence-corrected chi connectivity index (χ1v) is 5.98. The maximum Gasteiger partial charge on any atom is 0.318 e. The van der Waals surface area contributed by atoms with Crippen LogP contribution in [-0.2, 0) is 0 Å². The smallest absolute Gasteiger partial charge is 0.318 e. The molecule has 1 saturated heterocycles. The molecule has 3 nitrogen and oxygen atoms in total. The molecule has 0 saturated carbocycles. The largest absolute Gasteiger partial charge is 0.336 e. The Balaban J connectivity index is 2.28. The number of amides is 2. The van der Waals surface area contributed by atoms with Crippen LogP contribution in [0.15, 0.2) is 18.2 Å². The Hall–Kier alpha value is -1.65. The van der Waals surface area contributed by atoms with Gasteiger partial charge in [-0.05, 0) is 12.0 Å². The zero-order valence-electron chi connectivity index (χ0n) is 10.4. The molecule has 5 heteroatoms. The van der Waals surface area contributed by atoms with Gasteiger partial charge >= 0.3 is 6.03 Å². The molecule has 1 heterocycles. The second-order valence-electron chi connectivity index (χ2n) is 4.91. The number of hydrogen-bond donors (Lipinski definition) is 1. The van der Waals surface area contributed by atoms with Crippen molar-refractivity contribution in [3.63, 3.8) is 0 Å². The third kappa shape index (κ3) is 2.44. The van der Waals surface area contributed by atoms with E-state index in [4.69, 9.17) is 0 Å². The van der Waals surface area contributed by atoms with Crippen LogP contribution in [0.25, 0.3) is 0 Å². The fourth-order valence-electron chi connectivity index (χ4n) is 2.19. The lowest BCUT2D eigenvalue weighted by Gasteiger charge is -2.25. The lowest BCUT2D eigenvalue weighted by molar-refractivity contribution is 0.195. The number of urea groups is 1. The van der Waals surface area contributed by atoms with Crippen LogP contribution in [0, 0.1) is 17.6 Å². The van der Waals surface area contributed by atoms with Crippen molar-refractivity contribution in [3.05, 3.63) is 35.4 Å². The van der Waals surface area contributed by atoms with Crippen molar-refractivity contribution in [2.24, 2.45) is 5.92 Å². The lowest BCUT2D eigenvalue weighted by Crippen LogP contribution is -2.33. The fourth-order valence-corrected chi connectivity index (χ4v) is 2.19. The molecule has 0 bridgehead atoms. The molecule has 18 heavy (non-hydrogen) atoms. The summed E-state index contributed by atoms with van der Waals surface area (Å²) < 4.78 is 26.6. The first-order chi connectivity index (χ1) is 8.49. The SMILES string of the molecule is CC(C)CN1C(=O)NCC1c1ccc(F)cc1F. The fraction of sp³-hybridized carbons (Fsp3) is 0.462. The van der Waals surface area contributed by atoms with Crippen molar-refractivity contribution in [1.82, 2.24) is 10.2 Å². The summed E-state index contributed by atoms with van der Waals surface area (Å²) in [4.78, 5) is 13.3. The third-order valence-corrected chi connectivity index (χ3v) is 2.97. The summed E-state index contributed by atoms with van der Waals surface area (Å²) in [7, 11) is 0. The predicted octanol–water partition coefficient (Wildman–Crippen LogP) is 2.69. The zero-order chi connectivity index (χ0) is 13.3. The molecule has 2 rings (SSSR count). The van der Waals surface area contributed by atoms with Crippen molar-refractivity contribution >= 4 is 6.03 Å². The number of rotatable bonds is 3. The zero-order valence-corrected chi connectivity index (χ0v) is 10.4. The molecule has 1 fully saturated rings. The Bertz CT molecular complexity index is 462. The molecule has 2 amide bonds. The van der Waals surface area contributed by atoms with Crippen LogP contribution < -0.4 is 5.32 Å². The maximum atomic E-state index is 13.7. The van der Waals surface area contributed by atoms with Gasteiger partial charge in [-0.25, -0.2) is 13.6 Å². The van der Waals surface area contributed by atoms with Gasteiger partial charge in [0.05, 0.1) is 6.04 Å². The average molecular weight is 254 g/mol. The molecule has 1 unspecified atom stereocenters. The number of carbonyl (C=O) groups excluding carboxylic acids is 1. The highest BCUT2D eigenvalue weighted by Crippen LogP contribution is 2.27. The number of benzene rings is 1. The van der Waals surface area contributed by atoms with E-state index >= 15 is 0 Å². The summed E-state index contributed by atoms with van der Waals surface area (Å²) in [5, 5.41) is 2.69. The summed E-state index contributed by atoms with van der Waals surface area (Å²) >= 11 is 0. The normalized spacial score (nSPS) is 19.5. The molecule has 1 aromatic rings. The Morgan fingerprint density at radius 3 is 2.78 bits per heavy atom. The second kappa shape index (κ2) is 4.92. The summed E-state index contributed by atoms with van der Waals surface area (Å²) in [6.45, 7) is 4.88. The highest BCUT2D eigenvalue weighted by Gasteiger charge is 2.33. The van der Waals surface area contributed by atoms with E-state index in [1.54, 1.807) is 4.90 Å². The van der Waals surface area contributed by atoms with Crippen molar-refractivity contribution in [2.45, 2.75) is 19.9 Å². The van der Waals surface area contributed by atoms with Gasteiger partial charge in [0.1, 0.15) is 11.6 Å². The van der Waals surface area contributed by atoms with E-state index in [0.717, 1.165) is 6.07 Å².